The number of hydrogen-bond acceptors (Lipinski definition) is 5. The molecule has 92 heavy (non-hydrogen) atoms. The lowest BCUT2D eigenvalue weighted by molar-refractivity contribution is 0.616. The molecule has 0 amide bonds. The Kier molecular flexibility index (Phi) is 27.9. The van der Waals surface area contributed by atoms with Gasteiger partial charge < -0.3 is 19.4 Å². The fraction of sp³-hybridized carbons (Fsp3) is 0.0610. The van der Waals surface area contributed by atoms with Gasteiger partial charge in [-0.25, -0.2) is 4.98 Å². The van der Waals surface area contributed by atoms with Crippen LogP contribution in [0.5, 0.6) is 0 Å². The molecule has 7 aromatic heterocycles. The predicted molar refractivity (Wildman–Crippen MR) is 395 cm³/mol. The van der Waals surface area contributed by atoms with E-state index in [1.807, 2.05) is 216 Å². The Morgan fingerprint density at radius 3 is 1.28 bits per heavy atom. The van der Waals surface area contributed by atoms with Crippen LogP contribution in [0.25, 0.3) is 92.5 Å². The zero-order chi connectivity index (χ0) is 63.9. The van der Waals surface area contributed by atoms with Crippen LogP contribution in [-0.2, 0) is 6.42 Å². The number of hydrogen-bond donors (Lipinski definition) is 5. The smallest absolute Gasteiger partial charge is 0.133 e. The molecule has 1 aliphatic carbocycles. The van der Waals surface area contributed by atoms with Gasteiger partial charge in [0.2, 0.25) is 0 Å². The van der Waals surface area contributed by atoms with Crippen LogP contribution in [0.4, 0.5) is 0 Å². The van der Waals surface area contributed by atoms with Crippen LogP contribution in [-0.4, -0.2) is 40.3 Å². The molecule has 10 heteroatoms. The van der Waals surface area contributed by atoms with Crippen molar-refractivity contribution in [2.45, 2.75) is 34.1 Å². The molecule has 9 nitrogen and oxygen atoms in total. The van der Waals surface area contributed by atoms with E-state index in [2.05, 4.69) is 197 Å². The number of furan rings is 1. The van der Waals surface area contributed by atoms with Crippen molar-refractivity contribution in [1.29, 1.82) is 0 Å². The van der Waals surface area contributed by atoms with Crippen molar-refractivity contribution in [3.63, 3.8) is 0 Å². The first kappa shape index (κ1) is 66.4. The number of aromatic nitrogens is 8. The third kappa shape index (κ3) is 21.3. The maximum atomic E-state index is 5.12. The second-order valence-electron chi connectivity index (χ2n) is 19.7. The molecule has 0 atom stereocenters. The molecule has 7 heterocycles. The summed E-state index contributed by atoms with van der Waals surface area (Å²) >= 11 is 1.79. The van der Waals surface area contributed by atoms with Crippen LogP contribution in [0.1, 0.15) is 38.8 Å². The van der Waals surface area contributed by atoms with E-state index in [1.165, 1.54) is 53.8 Å². The number of aromatic amines is 5. The summed E-state index contributed by atoms with van der Waals surface area (Å²) in [4.78, 5) is 13.3. The van der Waals surface area contributed by atoms with E-state index < -0.39 is 0 Å². The lowest BCUT2D eigenvalue weighted by atomic mass is 10.1. The lowest BCUT2D eigenvalue weighted by Gasteiger charge is -1.93. The number of nitrogens with one attached hydrogen (secondary N) is 5. The molecule has 0 aliphatic heterocycles. The molecule has 0 radical (unpaired) electrons. The third-order valence-corrected chi connectivity index (χ3v) is 14.6. The summed E-state index contributed by atoms with van der Waals surface area (Å²) < 4.78 is 6.49. The molecule has 0 fully saturated rings. The summed E-state index contributed by atoms with van der Waals surface area (Å²) in [5, 5.41) is 25.6. The highest BCUT2D eigenvalue weighted by Crippen LogP contribution is 2.20. The minimum Gasteiger partial charge on any atom is -0.464 e. The SMILES string of the molecule is C1=Cc2ccccc2C1.CC.CC.c1ccc2[nH]ccc2c1.c1ccc2[nH]ccc2c1.c1ccc2[nH]cnc2c1.c1ccc2[nH]ncc2c1.c1ccc2[nH]ncc2c1.c1ccc2ccccc2c1.c1ccc2occc2c1.c1ccc2sccc2c1.c1ccccc1. The van der Waals surface area contributed by atoms with Crippen molar-refractivity contribution < 1.29 is 4.42 Å². The molecular weight excluding hydrogens is 1150 g/mol. The summed E-state index contributed by atoms with van der Waals surface area (Å²) in [7, 11) is 0. The van der Waals surface area contributed by atoms with Crippen molar-refractivity contribution in [3.05, 3.63) is 363 Å². The van der Waals surface area contributed by atoms with E-state index in [0.717, 1.165) is 50.2 Å². The van der Waals surface area contributed by atoms with E-state index >= 15 is 0 Å². The van der Waals surface area contributed by atoms with Gasteiger partial charge >= 0.3 is 0 Å². The Labute approximate surface area is 542 Å². The monoisotopic (exact) mass is 1220 g/mol. The number of benzene rings is 11. The molecule has 1 aliphatic rings. The van der Waals surface area contributed by atoms with Gasteiger partial charge in [-0.2, -0.15) is 10.2 Å². The minimum absolute atomic E-state index is 0.956. The molecule has 0 unspecified atom stereocenters. The van der Waals surface area contributed by atoms with Crippen LogP contribution >= 0.6 is 11.3 Å². The molecule has 19 rings (SSSR count). The number of nitrogens with zero attached hydrogens (tertiary/aromatic N) is 3. The molecule has 18 aromatic rings. The number of allylic oxidation sites excluding steroid dienone is 1. The van der Waals surface area contributed by atoms with Gasteiger partial charge in [-0.15, -0.1) is 11.3 Å². The maximum absolute atomic E-state index is 5.12. The summed E-state index contributed by atoms with van der Waals surface area (Å²) in [6, 6.07) is 102. The zero-order valence-electron chi connectivity index (χ0n) is 52.4. The van der Waals surface area contributed by atoms with E-state index in [0.29, 0.717) is 0 Å². The first-order valence-corrected chi connectivity index (χ1v) is 31.8. The minimum atomic E-state index is 0.956. The number of imidazole rings is 1. The van der Waals surface area contributed by atoms with Gasteiger partial charge in [0.15, 0.2) is 0 Å². The second kappa shape index (κ2) is 38.6. The Morgan fingerprint density at radius 2 is 0.783 bits per heavy atom. The third-order valence-electron chi connectivity index (χ3n) is 13.7. The summed E-state index contributed by atoms with van der Waals surface area (Å²) in [6.45, 7) is 8.00. The summed E-state index contributed by atoms with van der Waals surface area (Å²) in [5.74, 6) is 0. The highest BCUT2D eigenvalue weighted by Gasteiger charge is 2.00. The Morgan fingerprint density at radius 1 is 0.348 bits per heavy atom. The summed E-state index contributed by atoms with van der Waals surface area (Å²) in [6.07, 6.45) is 16.4. The first-order valence-electron chi connectivity index (χ1n) is 30.9. The van der Waals surface area contributed by atoms with Crippen molar-refractivity contribution >= 4 is 104 Å². The highest BCUT2D eigenvalue weighted by atomic mass is 32.1. The molecule has 0 saturated heterocycles. The molecule has 0 spiro atoms. The van der Waals surface area contributed by atoms with Crippen molar-refractivity contribution in [2.24, 2.45) is 0 Å². The van der Waals surface area contributed by atoms with Crippen LogP contribution in [0.2, 0.25) is 0 Å². The number of thiophene rings is 1. The largest absolute Gasteiger partial charge is 0.464 e. The van der Waals surface area contributed by atoms with E-state index in [4.69, 9.17) is 4.42 Å². The Hall–Kier alpha value is -11.6. The van der Waals surface area contributed by atoms with Gasteiger partial charge in [0.05, 0.1) is 47.1 Å². The van der Waals surface area contributed by atoms with Crippen molar-refractivity contribution in [1.82, 2.24) is 40.3 Å². The summed E-state index contributed by atoms with van der Waals surface area (Å²) in [5.41, 5.74) is 10.5. The fourth-order valence-electron chi connectivity index (χ4n) is 9.16. The van der Waals surface area contributed by atoms with Crippen LogP contribution in [0.15, 0.2) is 357 Å². The first-order chi connectivity index (χ1) is 45.7. The number of rotatable bonds is 0. The standard InChI is InChI=1S/C10H8.C9H8.2C8H7N.C8H6O.C8H6S.3C7H6N2.C6H6.2C2H6/c1-2-6-10-8-4-3-7-9(10)5-1;1-2-5-9-7-3-6-8(9)4-1;4*1-2-4-8-7(3-1)5-6-9-8;1-2-4-7-6(3-1)8-5-9-7;2*1-2-4-7-6(3-1)5-8-9-7;1-2-4-6-5-3-1;2*1-2/h1-8H;1-6H,7H2;2*1-6,9H;2*1-6H;3*1-5H,(H,8,9);1-6H;2*1-2H3. The quantitative estimate of drug-likeness (QED) is 0.103. The average molecular weight is 1220 g/mol. The fourth-order valence-corrected chi connectivity index (χ4v) is 9.95. The number of para-hydroxylation sites is 7. The van der Waals surface area contributed by atoms with Gasteiger partial charge in [-0.05, 0) is 123 Å². The van der Waals surface area contributed by atoms with Crippen LogP contribution < -0.4 is 0 Å². The van der Waals surface area contributed by atoms with E-state index in [1.54, 1.807) is 23.9 Å². The molecule has 0 saturated carbocycles. The van der Waals surface area contributed by atoms with E-state index in [9.17, 15) is 0 Å². The predicted octanol–water partition coefficient (Wildman–Crippen LogP) is 23.2. The van der Waals surface area contributed by atoms with Crippen LogP contribution in [0, 0.1) is 0 Å². The van der Waals surface area contributed by atoms with Crippen LogP contribution in [0.3, 0.4) is 0 Å². The molecule has 11 aromatic carbocycles. The van der Waals surface area contributed by atoms with Gasteiger partial charge in [0.25, 0.3) is 0 Å². The van der Waals surface area contributed by atoms with E-state index in [-0.39, 0.29) is 0 Å². The normalized spacial score (nSPS) is 10.1. The lowest BCUT2D eigenvalue weighted by Crippen LogP contribution is -1.76. The second-order valence-corrected chi connectivity index (χ2v) is 20.6. The van der Waals surface area contributed by atoms with Gasteiger partial charge in [-0.3, -0.25) is 10.2 Å². The molecule has 458 valence electrons. The van der Waals surface area contributed by atoms with Gasteiger partial charge in [0.1, 0.15) is 5.58 Å². The topological polar surface area (TPSA) is 131 Å². The van der Waals surface area contributed by atoms with Gasteiger partial charge in [0, 0.05) is 44.3 Å². The Balaban J connectivity index is 0.000000131. The number of H-pyrrole nitrogens is 5. The Bertz CT molecular complexity index is 3960. The highest BCUT2D eigenvalue weighted by molar-refractivity contribution is 7.17. The van der Waals surface area contributed by atoms with Crippen molar-refractivity contribution in [2.75, 3.05) is 0 Å². The van der Waals surface area contributed by atoms with Gasteiger partial charge in [-0.1, -0.05) is 270 Å². The average Bonchev–Trinajstić information content (AvgIpc) is 4.66. The number of fused-ring (bicyclic) bond motifs is 9. The molecule has 0 bridgehead atoms. The zero-order valence-corrected chi connectivity index (χ0v) is 53.2. The molecule has 5 N–H and O–H groups in total. The molecular formula is C82H78N8OS. The van der Waals surface area contributed by atoms with Crippen molar-refractivity contribution in [3.8, 4) is 0 Å². The maximum Gasteiger partial charge on any atom is 0.133 e.